The number of nitrogen functional groups attached to an aromatic ring is 1. The van der Waals surface area contributed by atoms with Crippen LogP contribution in [0.15, 0.2) is 23.9 Å². The Morgan fingerprint density at radius 1 is 1.62 bits per heavy atom. The second-order valence-corrected chi connectivity index (χ2v) is 5.16. The van der Waals surface area contributed by atoms with Crippen molar-refractivity contribution in [2.45, 2.75) is 11.8 Å². The van der Waals surface area contributed by atoms with E-state index >= 15 is 0 Å². The molecule has 5 nitrogen and oxygen atoms in total. The van der Waals surface area contributed by atoms with E-state index in [1.54, 1.807) is 6.08 Å². The van der Waals surface area contributed by atoms with Gasteiger partial charge in [0.2, 0.25) is 0 Å². The molecule has 112 valence electrons. The van der Waals surface area contributed by atoms with Crippen molar-refractivity contribution in [1.29, 1.82) is 0 Å². The monoisotopic (exact) mass is 332 g/mol. The molecule has 0 spiro atoms. The first-order valence-electron chi connectivity index (χ1n) is 5.84. The zero-order valence-electron chi connectivity index (χ0n) is 10.9. The number of hydrogen-bond acceptors (Lipinski definition) is 4. The number of pyridine rings is 1. The van der Waals surface area contributed by atoms with Gasteiger partial charge in [-0.2, -0.15) is 0 Å². The Labute approximate surface area is 129 Å². The predicted molar refractivity (Wildman–Crippen MR) is 78.0 cm³/mol. The number of aromatic nitrogens is 1. The van der Waals surface area contributed by atoms with Crippen LogP contribution in [0.1, 0.15) is 22.5 Å². The number of alkyl halides is 1. The van der Waals surface area contributed by atoms with E-state index in [0.29, 0.717) is 6.42 Å². The summed E-state index contributed by atoms with van der Waals surface area (Å²) in [6, 6.07) is 0. The van der Waals surface area contributed by atoms with E-state index in [1.807, 2.05) is 0 Å². The zero-order chi connectivity index (χ0) is 15.7. The second-order valence-electron chi connectivity index (χ2n) is 4.26. The lowest BCUT2D eigenvalue weighted by Crippen LogP contribution is -2.13. The average molecular weight is 333 g/mol. The SMILES string of the molecule is COC1=C(F)C(c2cnc(C(=O)O)c(Cl)c2N)=CCC1Cl. The highest BCUT2D eigenvalue weighted by molar-refractivity contribution is 6.36. The fraction of sp³-hybridized carbons (Fsp3) is 0.231. The van der Waals surface area contributed by atoms with E-state index in [2.05, 4.69) is 4.98 Å². The number of allylic oxidation sites excluding steroid dienone is 4. The van der Waals surface area contributed by atoms with Crippen molar-refractivity contribution in [2.75, 3.05) is 12.8 Å². The predicted octanol–water partition coefficient (Wildman–Crippen LogP) is 3.24. The molecule has 0 saturated heterocycles. The maximum absolute atomic E-state index is 14.4. The molecule has 0 aliphatic heterocycles. The lowest BCUT2D eigenvalue weighted by molar-refractivity contribution is 0.0691. The molecule has 1 unspecified atom stereocenters. The summed E-state index contributed by atoms with van der Waals surface area (Å²) in [5.41, 5.74) is 5.67. The summed E-state index contributed by atoms with van der Waals surface area (Å²) in [6.45, 7) is 0. The standard InChI is InChI=1S/C13H11Cl2FN2O3/c1-21-12-7(14)3-2-5(9(12)16)6-4-18-11(13(19)20)8(15)10(6)17/h2,4,7H,3H2,1H3,(H2,17,18)(H,19,20). The van der Waals surface area contributed by atoms with Gasteiger partial charge in [0.1, 0.15) is 5.76 Å². The number of ether oxygens (including phenoxy) is 1. The van der Waals surface area contributed by atoms with Crippen LogP contribution < -0.4 is 5.73 Å². The molecule has 0 bridgehead atoms. The molecule has 8 heteroatoms. The Balaban J connectivity index is 2.56. The first kappa shape index (κ1) is 15.6. The van der Waals surface area contributed by atoms with Crippen molar-refractivity contribution in [3.05, 3.63) is 40.1 Å². The minimum atomic E-state index is -1.31. The number of halogens is 3. The van der Waals surface area contributed by atoms with E-state index in [4.69, 9.17) is 38.8 Å². The van der Waals surface area contributed by atoms with Crippen LogP contribution in [0.5, 0.6) is 0 Å². The van der Waals surface area contributed by atoms with Crippen LogP contribution in [0.3, 0.4) is 0 Å². The molecule has 0 fully saturated rings. The molecule has 1 aromatic rings. The van der Waals surface area contributed by atoms with Crippen molar-refractivity contribution < 1.29 is 19.0 Å². The Hall–Kier alpha value is -1.79. The molecule has 0 radical (unpaired) electrons. The summed E-state index contributed by atoms with van der Waals surface area (Å²) < 4.78 is 19.3. The van der Waals surface area contributed by atoms with Gasteiger partial charge in [-0.25, -0.2) is 14.2 Å². The van der Waals surface area contributed by atoms with Crippen molar-refractivity contribution in [2.24, 2.45) is 0 Å². The number of methoxy groups -OCH3 is 1. The number of rotatable bonds is 3. The summed E-state index contributed by atoms with van der Waals surface area (Å²) in [4.78, 5) is 14.6. The number of carboxylic acids is 1. The van der Waals surface area contributed by atoms with E-state index in [-0.39, 0.29) is 33.3 Å². The van der Waals surface area contributed by atoms with Crippen LogP contribution in [0.4, 0.5) is 10.1 Å². The highest BCUT2D eigenvalue weighted by atomic mass is 35.5. The van der Waals surface area contributed by atoms with Gasteiger partial charge >= 0.3 is 5.97 Å². The molecule has 0 saturated carbocycles. The third kappa shape index (κ3) is 2.69. The fourth-order valence-electron chi connectivity index (χ4n) is 2.00. The lowest BCUT2D eigenvalue weighted by atomic mass is 9.97. The quantitative estimate of drug-likeness (QED) is 0.830. The van der Waals surface area contributed by atoms with Gasteiger partial charge in [-0.1, -0.05) is 17.7 Å². The van der Waals surface area contributed by atoms with E-state index < -0.39 is 17.2 Å². The molecule has 1 aliphatic rings. The second kappa shape index (κ2) is 5.91. The van der Waals surface area contributed by atoms with Gasteiger partial charge in [-0.15, -0.1) is 11.6 Å². The van der Waals surface area contributed by atoms with Crippen molar-refractivity contribution in [1.82, 2.24) is 4.98 Å². The molecule has 1 heterocycles. The minimum Gasteiger partial charge on any atom is -0.496 e. The van der Waals surface area contributed by atoms with E-state index in [1.165, 1.54) is 7.11 Å². The molecule has 1 aliphatic carbocycles. The number of nitrogens with two attached hydrogens (primary N) is 1. The fourth-order valence-corrected chi connectivity index (χ4v) is 2.50. The number of nitrogens with zero attached hydrogens (tertiary/aromatic N) is 1. The summed E-state index contributed by atoms with van der Waals surface area (Å²) in [6.07, 6.45) is 3.04. The molecule has 2 rings (SSSR count). The largest absolute Gasteiger partial charge is 0.496 e. The summed E-state index contributed by atoms with van der Waals surface area (Å²) in [5, 5.41) is 8.08. The van der Waals surface area contributed by atoms with E-state index in [9.17, 15) is 9.18 Å². The van der Waals surface area contributed by atoms with Crippen LogP contribution in [-0.4, -0.2) is 28.5 Å². The van der Waals surface area contributed by atoms with Gasteiger partial charge < -0.3 is 15.6 Å². The zero-order valence-corrected chi connectivity index (χ0v) is 12.4. The van der Waals surface area contributed by atoms with E-state index in [0.717, 1.165) is 6.20 Å². The molecular formula is C13H11Cl2FN2O3. The first-order valence-corrected chi connectivity index (χ1v) is 6.65. The first-order chi connectivity index (χ1) is 9.88. The Kier molecular flexibility index (Phi) is 4.39. The third-order valence-corrected chi connectivity index (χ3v) is 3.80. The average Bonchev–Trinajstić information content (AvgIpc) is 2.43. The summed E-state index contributed by atoms with van der Waals surface area (Å²) >= 11 is 11.8. The van der Waals surface area contributed by atoms with Gasteiger partial charge in [-0.3, -0.25) is 0 Å². The van der Waals surface area contributed by atoms with Gasteiger partial charge in [-0.05, 0) is 6.42 Å². The molecule has 0 amide bonds. The molecular weight excluding hydrogens is 322 g/mol. The molecule has 1 aromatic heterocycles. The van der Waals surface area contributed by atoms with Crippen LogP contribution in [0.2, 0.25) is 5.02 Å². The Morgan fingerprint density at radius 3 is 2.86 bits per heavy atom. The smallest absolute Gasteiger partial charge is 0.356 e. The van der Waals surface area contributed by atoms with Crippen molar-refractivity contribution in [3.8, 4) is 0 Å². The topological polar surface area (TPSA) is 85.4 Å². The third-order valence-electron chi connectivity index (χ3n) is 3.04. The highest BCUT2D eigenvalue weighted by Gasteiger charge is 2.28. The summed E-state index contributed by atoms with van der Waals surface area (Å²) in [7, 11) is 1.31. The van der Waals surface area contributed by atoms with Crippen LogP contribution in [0.25, 0.3) is 5.57 Å². The number of carboxylic acid groups (broad SMARTS) is 1. The van der Waals surface area contributed by atoms with Crippen LogP contribution in [-0.2, 0) is 4.74 Å². The van der Waals surface area contributed by atoms with Crippen molar-refractivity contribution in [3.63, 3.8) is 0 Å². The maximum atomic E-state index is 14.4. The lowest BCUT2D eigenvalue weighted by Gasteiger charge is -2.20. The number of hydrogen-bond donors (Lipinski definition) is 2. The van der Waals surface area contributed by atoms with Crippen LogP contribution in [0, 0.1) is 0 Å². The normalized spacial score (nSPS) is 18.5. The number of anilines is 1. The van der Waals surface area contributed by atoms with Gasteiger partial charge in [0.15, 0.2) is 11.5 Å². The van der Waals surface area contributed by atoms with Gasteiger partial charge in [0, 0.05) is 17.3 Å². The molecule has 0 aromatic carbocycles. The highest BCUT2D eigenvalue weighted by Crippen LogP contribution is 2.39. The number of aromatic carboxylic acids is 1. The van der Waals surface area contributed by atoms with Gasteiger partial charge in [0.05, 0.1) is 23.2 Å². The number of carbonyl (C=O) groups is 1. The van der Waals surface area contributed by atoms with Gasteiger partial charge in [0.25, 0.3) is 0 Å². The van der Waals surface area contributed by atoms with Crippen LogP contribution >= 0.6 is 23.2 Å². The molecule has 1 atom stereocenters. The summed E-state index contributed by atoms with van der Waals surface area (Å²) in [5.74, 6) is -1.99. The molecule has 21 heavy (non-hydrogen) atoms. The molecule has 3 N–H and O–H groups in total. The Morgan fingerprint density at radius 2 is 2.29 bits per heavy atom. The Bertz CT molecular complexity index is 674. The maximum Gasteiger partial charge on any atom is 0.356 e. The van der Waals surface area contributed by atoms with Crippen molar-refractivity contribution >= 4 is 40.4 Å². The minimum absolute atomic E-state index is 0.00741.